The first-order valence-corrected chi connectivity index (χ1v) is 10.9. The van der Waals surface area contributed by atoms with Crippen LogP contribution in [0.4, 0.5) is 22.9 Å². The maximum atomic E-state index is 5.46. The molecule has 2 N–H and O–H groups in total. The number of aromatic nitrogens is 3. The van der Waals surface area contributed by atoms with Crippen LogP contribution in [0.1, 0.15) is 5.56 Å². The van der Waals surface area contributed by atoms with Crippen LogP contribution in [0.2, 0.25) is 0 Å². The van der Waals surface area contributed by atoms with Gasteiger partial charge in [-0.2, -0.15) is 0 Å². The Morgan fingerprint density at radius 1 is 1.03 bits per heavy atom. The van der Waals surface area contributed by atoms with Gasteiger partial charge in [-0.15, -0.1) is 0 Å². The summed E-state index contributed by atoms with van der Waals surface area (Å²) in [7, 11) is 0. The SMILES string of the molecule is C1=Cc2ccc(-c3cn4ccnc4c(Nc4ccc(N5CCOCC5)cc4)n3)cc2NC1. The highest BCUT2D eigenvalue weighted by atomic mass is 16.5. The highest BCUT2D eigenvalue weighted by molar-refractivity contribution is 5.78. The van der Waals surface area contributed by atoms with Crippen LogP contribution < -0.4 is 15.5 Å². The number of nitrogens with one attached hydrogen (secondary N) is 2. The molecule has 7 heteroatoms. The molecule has 2 aromatic carbocycles. The van der Waals surface area contributed by atoms with Gasteiger partial charge in [-0.05, 0) is 35.9 Å². The van der Waals surface area contributed by atoms with Crippen molar-refractivity contribution < 1.29 is 4.74 Å². The summed E-state index contributed by atoms with van der Waals surface area (Å²) in [5.41, 5.74) is 7.27. The minimum Gasteiger partial charge on any atom is -0.381 e. The standard InChI is InChI=1S/C25H24N6O/c1-2-18-3-4-19(16-22(18)26-9-1)23-17-31-11-10-27-25(31)24(29-23)28-20-5-7-21(8-6-20)30-12-14-32-15-13-30/h1-8,10-11,16-17,26H,9,12-15H2,(H,28,29). The zero-order valence-electron chi connectivity index (χ0n) is 17.7. The molecule has 160 valence electrons. The molecule has 1 fully saturated rings. The van der Waals surface area contributed by atoms with Crippen molar-refractivity contribution in [2.75, 3.05) is 48.4 Å². The number of imidazole rings is 1. The van der Waals surface area contributed by atoms with Crippen LogP contribution in [0.5, 0.6) is 0 Å². The first-order valence-electron chi connectivity index (χ1n) is 10.9. The minimum absolute atomic E-state index is 0.734. The third kappa shape index (κ3) is 3.56. The predicted molar refractivity (Wildman–Crippen MR) is 129 cm³/mol. The third-order valence-corrected chi connectivity index (χ3v) is 5.94. The van der Waals surface area contributed by atoms with E-state index in [0.29, 0.717) is 0 Å². The Morgan fingerprint density at radius 3 is 2.78 bits per heavy atom. The molecule has 0 radical (unpaired) electrons. The number of hydrogen-bond acceptors (Lipinski definition) is 6. The highest BCUT2D eigenvalue weighted by Gasteiger charge is 2.13. The lowest BCUT2D eigenvalue weighted by atomic mass is 10.0. The van der Waals surface area contributed by atoms with Crippen LogP contribution in [0, 0.1) is 0 Å². The maximum absolute atomic E-state index is 5.46. The Bertz CT molecular complexity index is 1290. The predicted octanol–water partition coefficient (Wildman–Crippen LogP) is 4.42. The van der Waals surface area contributed by atoms with Gasteiger partial charge in [0.2, 0.25) is 0 Å². The van der Waals surface area contributed by atoms with Gasteiger partial charge in [0, 0.05) is 60.9 Å². The van der Waals surface area contributed by atoms with Crippen LogP contribution in [0.15, 0.2) is 67.1 Å². The van der Waals surface area contributed by atoms with Crippen molar-refractivity contribution in [1.82, 2.24) is 14.4 Å². The van der Waals surface area contributed by atoms with Crippen molar-refractivity contribution in [2.45, 2.75) is 0 Å². The van der Waals surface area contributed by atoms with Gasteiger partial charge in [0.15, 0.2) is 11.5 Å². The normalized spacial score (nSPS) is 15.4. The second kappa shape index (κ2) is 8.01. The largest absolute Gasteiger partial charge is 0.381 e. The van der Waals surface area contributed by atoms with Crippen LogP contribution in [-0.2, 0) is 4.74 Å². The zero-order chi connectivity index (χ0) is 21.3. The van der Waals surface area contributed by atoms with Crippen LogP contribution in [0.3, 0.4) is 0 Å². The number of rotatable bonds is 4. The molecule has 0 aliphatic carbocycles. The van der Waals surface area contributed by atoms with Crippen molar-refractivity contribution in [2.24, 2.45) is 0 Å². The molecule has 1 saturated heterocycles. The van der Waals surface area contributed by atoms with E-state index in [2.05, 4.69) is 75.1 Å². The molecular weight excluding hydrogens is 400 g/mol. The molecule has 4 aromatic rings. The van der Waals surface area contributed by atoms with Crippen molar-refractivity contribution in [3.8, 4) is 11.3 Å². The molecule has 0 amide bonds. The highest BCUT2D eigenvalue weighted by Crippen LogP contribution is 2.30. The number of anilines is 4. The minimum atomic E-state index is 0.734. The van der Waals surface area contributed by atoms with Crippen LogP contribution in [-0.4, -0.2) is 47.2 Å². The summed E-state index contributed by atoms with van der Waals surface area (Å²) in [5, 5.41) is 6.90. The molecule has 2 aliphatic rings. The quantitative estimate of drug-likeness (QED) is 0.506. The molecule has 0 spiro atoms. The second-order valence-electron chi connectivity index (χ2n) is 7.99. The van der Waals surface area contributed by atoms with Gasteiger partial charge < -0.3 is 24.7 Å². The summed E-state index contributed by atoms with van der Waals surface area (Å²) >= 11 is 0. The molecule has 0 unspecified atom stereocenters. The van der Waals surface area contributed by atoms with Gasteiger partial charge in [-0.1, -0.05) is 24.3 Å². The van der Waals surface area contributed by atoms with Gasteiger partial charge in [0.1, 0.15) is 0 Å². The van der Waals surface area contributed by atoms with E-state index in [1.165, 1.54) is 11.3 Å². The summed E-state index contributed by atoms with van der Waals surface area (Å²) < 4.78 is 7.47. The van der Waals surface area contributed by atoms with Gasteiger partial charge in [0.25, 0.3) is 0 Å². The average molecular weight is 425 g/mol. The molecular formula is C25H24N6O. The van der Waals surface area contributed by atoms with E-state index in [1.54, 1.807) is 6.20 Å². The van der Waals surface area contributed by atoms with Gasteiger partial charge >= 0.3 is 0 Å². The van der Waals surface area contributed by atoms with E-state index in [1.807, 2.05) is 16.8 Å². The van der Waals surface area contributed by atoms with Gasteiger partial charge in [-0.3, -0.25) is 0 Å². The maximum Gasteiger partial charge on any atom is 0.180 e. The zero-order valence-corrected chi connectivity index (χ0v) is 17.7. The van der Waals surface area contributed by atoms with E-state index in [4.69, 9.17) is 9.72 Å². The van der Waals surface area contributed by atoms with E-state index in [-0.39, 0.29) is 0 Å². The van der Waals surface area contributed by atoms with Crippen LogP contribution >= 0.6 is 0 Å². The molecule has 0 atom stereocenters. The summed E-state index contributed by atoms with van der Waals surface area (Å²) in [6, 6.07) is 14.9. The van der Waals surface area contributed by atoms with Crippen molar-refractivity contribution in [3.05, 3.63) is 72.7 Å². The molecule has 6 rings (SSSR count). The molecule has 0 saturated carbocycles. The van der Waals surface area contributed by atoms with E-state index in [0.717, 1.165) is 66.9 Å². The average Bonchev–Trinajstić information content (AvgIpc) is 3.34. The third-order valence-electron chi connectivity index (χ3n) is 5.94. The first kappa shape index (κ1) is 18.9. The number of fused-ring (bicyclic) bond motifs is 2. The topological polar surface area (TPSA) is 66.7 Å². The Morgan fingerprint density at radius 2 is 1.91 bits per heavy atom. The number of morpholine rings is 1. The second-order valence-corrected chi connectivity index (χ2v) is 7.99. The lowest BCUT2D eigenvalue weighted by Crippen LogP contribution is -2.36. The summed E-state index contributed by atoms with van der Waals surface area (Å²) in [6.45, 7) is 4.26. The fourth-order valence-electron chi connectivity index (χ4n) is 4.24. The Balaban J connectivity index is 1.32. The number of benzene rings is 2. The molecule has 7 nitrogen and oxygen atoms in total. The van der Waals surface area contributed by atoms with E-state index >= 15 is 0 Å². The fraction of sp³-hybridized carbons (Fsp3) is 0.200. The molecule has 4 heterocycles. The number of ether oxygens (including phenoxy) is 1. The van der Waals surface area contributed by atoms with E-state index < -0.39 is 0 Å². The number of nitrogens with zero attached hydrogens (tertiary/aromatic N) is 4. The first-order chi connectivity index (χ1) is 15.8. The van der Waals surface area contributed by atoms with Crippen LogP contribution in [0.25, 0.3) is 23.0 Å². The monoisotopic (exact) mass is 424 g/mol. The van der Waals surface area contributed by atoms with Gasteiger partial charge in [-0.25, -0.2) is 9.97 Å². The van der Waals surface area contributed by atoms with Crippen molar-refractivity contribution in [3.63, 3.8) is 0 Å². The molecule has 0 bridgehead atoms. The summed E-state index contributed by atoms with van der Waals surface area (Å²) in [4.78, 5) is 11.8. The smallest absolute Gasteiger partial charge is 0.180 e. The Kier molecular flexibility index (Phi) is 4.73. The summed E-state index contributed by atoms with van der Waals surface area (Å²) in [6.07, 6.45) is 10.1. The Labute approximate surface area is 186 Å². The molecule has 2 aromatic heterocycles. The van der Waals surface area contributed by atoms with Crippen molar-refractivity contribution in [1.29, 1.82) is 0 Å². The lowest BCUT2D eigenvalue weighted by molar-refractivity contribution is 0.122. The Hall–Kier alpha value is -3.84. The lowest BCUT2D eigenvalue weighted by Gasteiger charge is -2.28. The molecule has 32 heavy (non-hydrogen) atoms. The van der Waals surface area contributed by atoms with E-state index in [9.17, 15) is 0 Å². The summed E-state index contributed by atoms with van der Waals surface area (Å²) in [5.74, 6) is 0.734. The van der Waals surface area contributed by atoms with Gasteiger partial charge in [0.05, 0.1) is 18.9 Å². The number of hydrogen-bond donors (Lipinski definition) is 2. The fourth-order valence-corrected chi connectivity index (χ4v) is 4.24. The van der Waals surface area contributed by atoms with Crippen molar-refractivity contribution >= 4 is 34.6 Å². The molecule has 2 aliphatic heterocycles.